The van der Waals surface area contributed by atoms with E-state index in [2.05, 4.69) is 18.8 Å². The Hall–Kier alpha value is -1.32. The smallest absolute Gasteiger partial charge is 0.349 e. The van der Waals surface area contributed by atoms with Crippen molar-refractivity contribution in [2.24, 2.45) is 0 Å². The molecule has 0 amide bonds. The summed E-state index contributed by atoms with van der Waals surface area (Å²) in [4.78, 5) is 15.0. The van der Waals surface area contributed by atoms with E-state index in [9.17, 15) is 4.79 Å². The van der Waals surface area contributed by atoms with Crippen LogP contribution < -0.4 is 11.4 Å². The fourth-order valence-corrected chi connectivity index (χ4v) is 1.39. The maximum atomic E-state index is 11.4. The van der Waals surface area contributed by atoms with Gasteiger partial charge in [-0.05, 0) is 18.9 Å². The predicted molar refractivity (Wildman–Crippen MR) is 52.5 cm³/mol. The first-order valence-electron chi connectivity index (χ1n) is 4.53. The summed E-state index contributed by atoms with van der Waals surface area (Å²) in [6.45, 7) is 4.11. The molecule has 4 heteroatoms. The largest absolute Gasteiger partial charge is 0.383 e. The molecule has 0 aliphatic rings. The number of rotatable bonds is 3. The fraction of sp³-hybridized carbons (Fsp3) is 0.556. The minimum atomic E-state index is -0.256. The van der Waals surface area contributed by atoms with E-state index in [1.807, 2.05) is 0 Å². The second kappa shape index (κ2) is 4.07. The Morgan fingerprint density at radius 3 is 2.62 bits per heavy atom. The molecule has 0 saturated heterocycles. The van der Waals surface area contributed by atoms with Gasteiger partial charge >= 0.3 is 5.69 Å². The van der Waals surface area contributed by atoms with Gasteiger partial charge in [0.15, 0.2) is 0 Å². The van der Waals surface area contributed by atoms with E-state index in [1.165, 1.54) is 0 Å². The summed E-state index contributed by atoms with van der Waals surface area (Å²) in [5, 5.41) is 0. The molecule has 2 N–H and O–H groups in total. The number of aromatic nitrogens is 2. The molecule has 0 saturated carbocycles. The molecule has 1 heterocycles. The fourth-order valence-electron chi connectivity index (χ4n) is 1.39. The molecular formula is C9H15N3O. The number of nitrogen functional groups attached to an aromatic ring is 1. The zero-order chi connectivity index (χ0) is 9.84. The Kier molecular flexibility index (Phi) is 3.06. The molecule has 0 unspecified atom stereocenters. The van der Waals surface area contributed by atoms with Gasteiger partial charge in [0.25, 0.3) is 0 Å². The lowest BCUT2D eigenvalue weighted by Crippen LogP contribution is -2.26. The summed E-state index contributed by atoms with van der Waals surface area (Å²) >= 11 is 0. The lowest BCUT2D eigenvalue weighted by Gasteiger charge is -2.14. The molecule has 0 aliphatic carbocycles. The highest BCUT2D eigenvalue weighted by molar-refractivity contribution is 5.23. The standard InChI is InChI=1S/C9H15N3O/c1-3-7(4-2)12-6-5-8(10)11-9(12)13/h5-7H,3-4H2,1-2H3,(H2,10,11,13). The SMILES string of the molecule is CCC(CC)n1ccc(N)nc1=O. The molecule has 1 aromatic rings. The van der Waals surface area contributed by atoms with Crippen LogP contribution in [0.1, 0.15) is 32.7 Å². The lowest BCUT2D eigenvalue weighted by atomic mass is 10.2. The van der Waals surface area contributed by atoms with Crippen molar-refractivity contribution in [3.63, 3.8) is 0 Å². The maximum Gasteiger partial charge on any atom is 0.349 e. The predicted octanol–water partition coefficient (Wildman–Crippen LogP) is 1.19. The van der Waals surface area contributed by atoms with E-state index in [4.69, 9.17) is 5.73 Å². The minimum Gasteiger partial charge on any atom is -0.383 e. The van der Waals surface area contributed by atoms with Crippen molar-refractivity contribution in [2.45, 2.75) is 32.7 Å². The third-order valence-corrected chi connectivity index (χ3v) is 2.19. The third kappa shape index (κ3) is 2.08. The molecule has 1 rings (SSSR count). The molecule has 72 valence electrons. The van der Waals surface area contributed by atoms with Gasteiger partial charge in [0.05, 0.1) is 0 Å². The number of hydrogen-bond donors (Lipinski definition) is 1. The Labute approximate surface area is 77.4 Å². The molecule has 0 aromatic carbocycles. The van der Waals surface area contributed by atoms with Crippen molar-refractivity contribution < 1.29 is 0 Å². The van der Waals surface area contributed by atoms with Crippen molar-refractivity contribution >= 4 is 5.82 Å². The maximum absolute atomic E-state index is 11.4. The van der Waals surface area contributed by atoms with Crippen LogP contribution in [0.3, 0.4) is 0 Å². The minimum absolute atomic E-state index is 0.237. The van der Waals surface area contributed by atoms with Crippen LogP contribution in [0.15, 0.2) is 17.1 Å². The Morgan fingerprint density at radius 1 is 1.54 bits per heavy atom. The molecule has 13 heavy (non-hydrogen) atoms. The van der Waals surface area contributed by atoms with Crippen LogP contribution >= 0.6 is 0 Å². The van der Waals surface area contributed by atoms with Gasteiger partial charge in [-0.2, -0.15) is 4.98 Å². The second-order valence-corrected chi connectivity index (χ2v) is 3.01. The first-order valence-corrected chi connectivity index (χ1v) is 4.53. The van der Waals surface area contributed by atoms with Gasteiger partial charge in [0.1, 0.15) is 5.82 Å². The molecular weight excluding hydrogens is 166 g/mol. The normalized spacial score (nSPS) is 10.7. The molecule has 0 fully saturated rings. The second-order valence-electron chi connectivity index (χ2n) is 3.01. The van der Waals surface area contributed by atoms with E-state index in [-0.39, 0.29) is 17.5 Å². The van der Waals surface area contributed by atoms with Crippen LogP contribution in [0.4, 0.5) is 5.82 Å². The van der Waals surface area contributed by atoms with Crippen LogP contribution in [0.2, 0.25) is 0 Å². The van der Waals surface area contributed by atoms with E-state index in [0.717, 1.165) is 12.8 Å². The van der Waals surface area contributed by atoms with Crippen molar-refractivity contribution in [1.82, 2.24) is 9.55 Å². The van der Waals surface area contributed by atoms with Crippen molar-refractivity contribution in [3.8, 4) is 0 Å². The Balaban J connectivity index is 3.07. The summed E-state index contributed by atoms with van der Waals surface area (Å²) in [5.41, 5.74) is 5.13. The van der Waals surface area contributed by atoms with Crippen LogP contribution in [-0.2, 0) is 0 Å². The number of nitrogens with two attached hydrogens (primary N) is 1. The quantitative estimate of drug-likeness (QED) is 0.761. The Bertz CT molecular complexity index is 328. The molecule has 0 atom stereocenters. The van der Waals surface area contributed by atoms with E-state index in [1.54, 1.807) is 16.8 Å². The van der Waals surface area contributed by atoms with Crippen LogP contribution in [0.25, 0.3) is 0 Å². The van der Waals surface area contributed by atoms with Crippen molar-refractivity contribution in [1.29, 1.82) is 0 Å². The lowest BCUT2D eigenvalue weighted by molar-refractivity contribution is 0.451. The first-order chi connectivity index (χ1) is 6.19. The average Bonchev–Trinajstić information content (AvgIpc) is 2.10. The molecule has 0 bridgehead atoms. The first kappa shape index (κ1) is 9.77. The highest BCUT2D eigenvalue weighted by Gasteiger charge is 2.07. The molecule has 1 aromatic heterocycles. The van der Waals surface area contributed by atoms with E-state index < -0.39 is 0 Å². The van der Waals surface area contributed by atoms with E-state index >= 15 is 0 Å². The third-order valence-electron chi connectivity index (χ3n) is 2.19. The molecule has 4 nitrogen and oxygen atoms in total. The summed E-state index contributed by atoms with van der Waals surface area (Å²) in [6, 6.07) is 1.89. The van der Waals surface area contributed by atoms with Crippen LogP contribution in [-0.4, -0.2) is 9.55 Å². The van der Waals surface area contributed by atoms with Gasteiger partial charge in [0.2, 0.25) is 0 Å². The average molecular weight is 181 g/mol. The number of anilines is 1. The van der Waals surface area contributed by atoms with Gasteiger partial charge in [-0.3, -0.25) is 4.57 Å². The number of hydrogen-bond acceptors (Lipinski definition) is 3. The van der Waals surface area contributed by atoms with E-state index in [0.29, 0.717) is 0 Å². The zero-order valence-corrected chi connectivity index (χ0v) is 8.03. The zero-order valence-electron chi connectivity index (χ0n) is 8.03. The summed E-state index contributed by atoms with van der Waals surface area (Å²) < 4.78 is 1.64. The van der Waals surface area contributed by atoms with Gasteiger partial charge in [-0.1, -0.05) is 13.8 Å². The monoisotopic (exact) mass is 181 g/mol. The topological polar surface area (TPSA) is 60.9 Å². The molecule has 0 spiro atoms. The van der Waals surface area contributed by atoms with Gasteiger partial charge < -0.3 is 5.73 Å². The Morgan fingerprint density at radius 2 is 2.15 bits per heavy atom. The van der Waals surface area contributed by atoms with Crippen molar-refractivity contribution in [3.05, 3.63) is 22.7 Å². The molecule has 0 aliphatic heterocycles. The number of nitrogens with zero attached hydrogens (tertiary/aromatic N) is 2. The van der Waals surface area contributed by atoms with Crippen molar-refractivity contribution in [2.75, 3.05) is 5.73 Å². The van der Waals surface area contributed by atoms with Gasteiger partial charge in [-0.15, -0.1) is 0 Å². The molecule has 0 radical (unpaired) electrons. The van der Waals surface area contributed by atoms with Gasteiger partial charge in [0, 0.05) is 12.2 Å². The summed E-state index contributed by atoms with van der Waals surface area (Å²) in [6.07, 6.45) is 3.58. The van der Waals surface area contributed by atoms with Crippen LogP contribution in [0.5, 0.6) is 0 Å². The summed E-state index contributed by atoms with van der Waals surface area (Å²) in [7, 11) is 0. The highest BCUT2D eigenvalue weighted by atomic mass is 16.1. The van der Waals surface area contributed by atoms with Crippen LogP contribution in [0, 0.1) is 0 Å². The highest BCUT2D eigenvalue weighted by Crippen LogP contribution is 2.12. The van der Waals surface area contributed by atoms with Gasteiger partial charge in [-0.25, -0.2) is 4.79 Å². The summed E-state index contributed by atoms with van der Waals surface area (Å²) in [5.74, 6) is 0.284.